The fraction of sp³-hybridized carbons (Fsp3) is 0. The van der Waals surface area contributed by atoms with E-state index in [4.69, 9.17) is 9.97 Å². The maximum absolute atomic E-state index is 5.63. The molecule has 0 aliphatic rings. The monoisotopic (exact) mass is 938 g/mol. The molecule has 0 fully saturated rings. The van der Waals surface area contributed by atoms with Crippen LogP contribution in [-0.4, -0.2) is 19.1 Å². The first-order chi connectivity index (χ1) is 36.7. The van der Waals surface area contributed by atoms with E-state index in [0.29, 0.717) is 5.95 Å². The Bertz CT molecular complexity index is 4900. The van der Waals surface area contributed by atoms with Crippen LogP contribution < -0.4 is 0 Å². The molecule has 0 aliphatic heterocycles. The van der Waals surface area contributed by atoms with Crippen LogP contribution in [0.4, 0.5) is 0 Å². The minimum atomic E-state index is 0.626. The van der Waals surface area contributed by atoms with Gasteiger partial charge in [-0.3, -0.25) is 4.57 Å². The number of hydrogen-bond acceptors (Lipinski definition) is 2. The summed E-state index contributed by atoms with van der Waals surface area (Å²) in [5.41, 5.74) is 11.8. The van der Waals surface area contributed by atoms with Crippen molar-refractivity contribution in [2.75, 3.05) is 0 Å². The molecule has 0 radical (unpaired) electrons. The Morgan fingerprint density at radius 1 is 0.230 bits per heavy atom. The van der Waals surface area contributed by atoms with Crippen molar-refractivity contribution in [3.63, 3.8) is 0 Å². The quantitative estimate of drug-likeness (QED) is 0.161. The first-order valence-corrected chi connectivity index (χ1v) is 25.4. The van der Waals surface area contributed by atoms with E-state index in [2.05, 4.69) is 264 Å². The minimum Gasteiger partial charge on any atom is -0.309 e. The number of fused-ring (bicyclic) bond motifs is 15. The molecule has 4 heteroatoms. The molecule has 0 bridgehead atoms. The van der Waals surface area contributed by atoms with Crippen LogP contribution in [0.15, 0.2) is 255 Å². The Balaban J connectivity index is 0.916. The highest BCUT2D eigenvalue weighted by atomic mass is 15.2. The van der Waals surface area contributed by atoms with Crippen molar-refractivity contribution < 1.29 is 0 Å². The number of nitrogens with zero attached hydrogens (tertiary/aromatic N) is 4. The predicted octanol–water partition coefficient (Wildman–Crippen LogP) is 18.6. The summed E-state index contributed by atoms with van der Waals surface area (Å²) < 4.78 is 4.74. The van der Waals surface area contributed by atoms with Gasteiger partial charge in [-0.25, -0.2) is 9.97 Å². The summed E-state index contributed by atoms with van der Waals surface area (Å²) in [4.78, 5) is 11.3. The largest absolute Gasteiger partial charge is 0.309 e. The second-order valence-electron chi connectivity index (χ2n) is 19.7. The summed E-state index contributed by atoms with van der Waals surface area (Å²) in [5.74, 6) is 0.626. The number of hydrogen-bond donors (Lipinski definition) is 0. The van der Waals surface area contributed by atoms with Gasteiger partial charge < -0.3 is 4.57 Å². The van der Waals surface area contributed by atoms with Gasteiger partial charge in [0.15, 0.2) is 0 Å². The molecule has 74 heavy (non-hydrogen) atoms. The first kappa shape index (κ1) is 40.8. The minimum absolute atomic E-state index is 0.626. The topological polar surface area (TPSA) is 35.6 Å². The third kappa shape index (κ3) is 6.03. The summed E-state index contributed by atoms with van der Waals surface area (Å²) in [7, 11) is 0. The van der Waals surface area contributed by atoms with Gasteiger partial charge in [0.05, 0.1) is 39.1 Å². The molecule has 0 spiro atoms. The molecule has 0 saturated heterocycles. The molecule has 0 N–H and O–H groups in total. The molecular weight excluding hydrogens is 897 g/mol. The van der Waals surface area contributed by atoms with Crippen LogP contribution in [0.25, 0.3) is 154 Å². The van der Waals surface area contributed by atoms with E-state index in [0.717, 1.165) is 66.2 Å². The molecule has 3 heterocycles. The lowest BCUT2D eigenvalue weighted by molar-refractivity contribution is 0.997. The Kier molecular flexibility index (Phi) is 8.71. The van der Waals surface area contributed by atoms with E-state index in [1.165, 1.54) is 81.4 Å². The predicted molar refractivity (Wildman–Crippen MR) is 312 cm³/mol. The Morgan fingerprint density at radius 3 is 1.08 bits per heavy atom. The van der Waals surface area contributed by atoms with Crippen LogP contribution in [0.3, 0.4) is 0 Å². The van der Waals surface area contributed by atoms with Crippen LogP contribution in [0.2, 0.25) is 0 Å². The SMILES string of the molecule is c1ccc2c(c1)cc(-c1cc(-c3cc4ccccc4c4ccccc34)nc(-n3c4ccccc4c4cc(-c5ccc6c(c5)c5ccccc5n6-c5cc6ccccc6c6ccccc56)ccc43)n1)c1ccccc12. The van der Waals surface area contributed by atoms with Crippen LogP contribution >= 0.6 is 0 Å². The van der Waals surface area contributed by atoms with Gasteiger partial charge in [0, 0.05) is 38.1 Å². The van der Waals surface area contributed by atoms with E-state index in [9.17, 15) is 0 Å². The van der Waals surface area contributed by atoms with Gasteiger partial charge in [-0.2, -0.15) is 0 Å². The van der Waals surface area contributed by atoms with E-state index in [1.54, 1.807) is 0 Å². The highest BCUT2D eigenvalue weighted by Crippen LogP contribution is 2.43. The Morgan fingerprint density at radius 2 is 0.581 bits per heavy atom. The molecule has 0 amide bonds. The average Bonchev–Trinajstić information content (AvgIpc) is 3.98. The zero-order chi connectivity index (χ0) is 48.4. The van der Waals surface area contributed by atoms with Crippen LogP contribution in [0, 0.1) is 0 Å². The van der Waals surface area contributed by atoms with Crippen LogP contribution in [0.1, 0.15) is 0 Å². The molecule has 0 saturated carbocycles. The second kappa shape index (κ2) is 15.8. The molecule has 342 valence electrons. The molecule has 3 aromatic heterocycles. The van der Waals surface area contributed by atoms with Crippen molar-refractivity contribution in [2.24, 2.45) is 0 Å². The Hall–Kier alpha value is -9.90. The van der Waals surface area contributed by atoms with Crippen molar-refractivity contribution in [2.45, 2.75) is 0 Å². The lowest BCUT2D eigenvalue weighted by Crippen LogP contribution is -2.04. The highest BCUT2D eigenvalue weighted by Gasteiger charge is 2.22. The van der Waals surface area contributed by atoms with Gasteiger partial charge in [0.25, 0.3) is 0 Å². The van der Waals surface area contributed by atoms with Crippen molar-refractivity contribution in [1.29, 1.82) is 0 Å². The molecular formula is C70H42N4. The fourth-order valence-electron chi connectivity index (χ4n) is 12.3. The van der Waals surface area contributed by atoms with Crippen molar-refractivity contribution in [3.8, 4) is 45.3 Å². The molecule has 16 aromatic rings. The molecule has 0 aliphatic carbocycles. The number of aromatic nitrogens is 4. The number of rotatable bonds is 5. The number of benzene rings is 13. The standard InChI is InChI=1S/C70H42N4/c1-4-20-48-45(17-1)39-59(54-26-9-7-23-51(48)54)63-42-64(60-40-46-18-2-5-21-49(46)52-24-8-10-27-55(52)60)72-70(71-63)74-66-32-16-14-30-58(66)62-38-44(34-36-68(62)74)43-33-35-67-61(37-43)57-29-13-15-31-65(57)73(67)69-41-47-19-3-6-22-50(47)53-25-11-12-28-56(53)69/h1-42H. The molecule has 13 aromatic carbocycles. The van der Waals surface area contributed by atoms with Crippen LogP contribution in [-0.2, 0) is 0 Å². The third-order valence-corrected chi connectivity index (χ3v) is 15.7. The smallest absolute Gasteiger partial charge is 0.235 e. The van der Waals surface area contributed by atoms with E-state index < -0.39 is 0 Å². The first-order valence-electron chi connectivity index (χ1n) is 25.4. The summed E-state index contributed by atoms with van der Waals surface area (Å²) in [5, 5.41) is 19.2. The lowest BCUT2D eigenvalue weighted by Gasteiger charge is -2.16. The zero-order valence-corrected chi connectivity index (χ0v) is 40.0. The maximum atomic E-state index is 5.63. The van der Waals surface area contributed by atoms with Crippen molar-refractivity contribution in [1.82, 2.24) is 19.1 Å². The maximum Gasteiger partial charge on any atom is 0.235 e. The lowest BCUT2D eigenvalue weighted by atomic mass is 9.93. The molecule has 16 rings (SSSR count). The summed E-state index contributed by atoms with van der Waals surface area (Å²) in [6.07, 6.45) is 0. The van der Waals surface area contributed by atoms with Crippen molar-refractivity contribution >= 4 is 108 Å². The number of para-hydroxylation sites is 2. The fourth-order valence-corrected chi connectivity index (χ4v) is 12.3. The van der Waals surface area contributed by atoms with Gasteiger partial charge >= 0.3 is 0 Å². The summed E-state index contributed by atoms with van der Waals surface area (Å²) in [6, 6.07) is 93.0. The van der Waals surface area contributed by atoms with Gasteiger partial charge in [-0.15, -0.1) is 0 Å². The Labute approximate surface area is 425 Å². The molecule has 0 atom stereocenters. The van der Waals surface area contributed by atoms with Gasteiger partial charge in [0.1, 0.15) is 0 Å². The van der Waals surface area contributed by atoms with Gasteiger partial charge in [-0.1, -0.05) is 194 Å². The molecule has 0 unspecified atom stereocenters. The van der Waals surface area contributed by atoms with Crippen LogP contribution in [0.5, 0.6) is 0 Å². The van der Waals surface area contributed by atoms with Gasteiger partial charge in [0.2, 0.25) is 5.95 Å². The zero-order valence-electron chi connectivity index (χ0n) is 40.0. The normalized spacial score (nSPS) is 12.1. The van der Waals surface area contributed by atoms with E-state index >= 15 is 0 Å². The van der Waals surface area contributed by atoms with E-state index in [1.807, 2.05) is 0 Å². The third-order valence-electron chi connectivity index (χ3n) is 15.7. The second-order valence-corrected chi connectivity index (χ2v) is 19.7. The van der Waals surface area contributed by atoms with E-state index in [-0.39, 0.29) is 0 Å². The summed E-state index contributed by atoms with van der Waals surface area (Å²) in [6.45, 7) is 0. The average molecular weight is 939 g/mol. The summed E-state index contributed by atoms with van der Waals surface area (Å²) >= 11 is 0. The van der Waals surface area contributed by atoms with Gasteiger partial charge in [-0.05, 0) is 131 Å². The molecule has 4 nitrogen and oxygen atoms in total. The highest BCUT2D eigenvalue weighted by molar-refractivity contribution is 6.18. The van der Waals surface area contributed by atoms with Crippen molar-refractivity contribution in [3.05, 3.63) is 255 Å².